The van der Waals surface area contributed by atoms with Crippen LogP contribution in [0, 0.1) is 0 Å². The smallest absolute Gasteiger partial charge is 0.135 e. The van der Waals surface area contributed by atoms with Crippen molar-refractivity contribution in [3.05, 3.63) is 260 Å². The molecule has 0 fully saturated rings. The SMILES string of the molecule is CC1(C)c2cc(-c3ccc4oc5ccccc5c4c3)ccc2-c2ccc(N(c3ccc(-c4ccc(-c5ccccc5)cc4)cc3)c3ccc(-c4ccc(-c5ccccc5)c5ccccc45)cc3)cc21. The van der Waals surface area contributed by atoms with Gasteiger partial charge < -0.3 is 9.32 Å². The van der Waals surface area contributed by atoms with Gasteiger partial charge in [0, 0.05) is 33.2 Å². The van der Waals surface area contributed by atoms with E-state index in [1.54, 1.807) is 0 Å². The van der Waals surface area contributed by atoms with E-state index in [0.29, 0.717) is 0 Å². The molecule has 326 valence electrons. The fourth-order valence-electron chi connectivity index (χ4n) is 10.9. The molecule has 1 heterocycles. The fraction of sp³-hybridized carbons (Fsp3) is 0.0448. The Kier molecular flexibility index (Phi) is 9.55. The molecule has 1 aliphatic rings. The van der Waals surface area contributed by atoms with Crippen LogP contribution in [0.25, 0.3) is 99.5 Å². The van der Waals surface area contributed by atoms with E-state index >= 15 is 0 Å². The molecule has 0 saturated carbocycles. The molecule has 0 bridgehead atoms. The zero-order valence-electron chi connectivity index (χ0n) is 38.5. The van der Waals surface area contributed by atoms with E-state index < -0.39 is 0 Å². The zero-order chi connectivity index (χ0) is 46.1. The predicted octanol–water partition coefficient (Wildman–Crippen LogP) is 18.9. The van der Waals surface area contributed by atoms with Gasteiger partial charge in [0.1, 0.15) is 11.2 Å². The molecule has 2 nitrogen and oxygen atoms in total. The molecule has 0 N–H and O–H groups in total. The maximum absolute atomic E-state index is 6.19. The van der Waals surface area contributed by atoms with Crippen LogP contribution in [0.3, 0.4) is 0 Å². The summed E-state index contributed by atoms with van der Waals surface area (Å²) >= 11 is 0. The monoisotopic (exact) mass is 881 g/mol. The molecule has 0 saturated heterocycles. The first-order valence-electron chi connectivity index (χ1n) is 23.9. The van der Waals surface area contributed by atoms with Crippen molar-refractivity contribution in [1.29, 1.82) is 0 Å². The highest BCUT2D eigenvalue weighted by Gasteiger charge is 2.36. The van der Waals surface area contributed by atoms with Crippen LogP contribution in [-0.2, 0) is 5.41 Å². The van der Waals surface area contributed by atoms with Crippen molar-refractivity contribution in [3.63, 3.8) is 0 Å². The second-order valence-corrected chi connectivity index (χ2v) is 18.9. The van der Waals surface area contributed by atoms with Gasteiger partial charge in [-0.1, -0.05) is 202 Å². The minimum absolute atomic E-state index is 0.235. The molecule has 0 spiro atoms. The molecular formula is C67H47NO. The van der Waals surface area contributed by atoms with Gasteiger partial charge in [0.05, 0.1) is 0 Å². The fourth-order valence-corrected chi connectivity index (χ4v) is 10.9. The van der Waals surface area contributed by atoms with Crippen LogP contribution >= 0.6 is 0 Å². The normalized spacial score (nSPS) is 12.6. The second-order valence-electron chi connectivity index (χ2n) is 18.9. The van der Waals surface area contributed by atoms with Crippen LogP contribution in [-0.4, -0.2) is 0 Å². The van der Waals surface area contributed by atoms with Crippen molar-refractivity contribution < 1.29 is 4.42 Å². The molecule has 13 rings (SSSR count). The second kappa shape index (κ2) is 16.3. The lowest BCUT2D eigenvalue weighted by molar-refractivity contribution is 0.660. The summed E-state index contributed by atoms with van der Waals surface area (Å²) in [5.41, 5.74) is 22.3. The number of furan rings is 1. The van der Waals surface area contributed by atoms with Gasteiger partial charge in [-0.25, -0.2) is 0 Å². The van der Waals surface area contributed by atoms with E-state index in [-0.39, 0.29) is 5.41 Å². The van der Waals surface area contributed by atoms with Gasteiger partial charge in [0.15, 0.2) is 0 Å². The van der Waals surface area contributed by atoms with E-state index in [1.807, 2.05) is 12.1 Å². The van der Waals surface area contributed by atoms with E-state index in [4.69, 9.17) is 4.42 Å². The molecule has 0 unspecified atom stereocenters. The van der Waals surface area contributed by atoms with Gasteiger partial charge in [0.25, 0.3) is 0 Å². The highest BCUT2D eigenvalue weighted by molar-refractivity contribution is 6.07. The predicted molar refractivity (Wildman–Crippen MR) is 291 cm³/mol. The molecule has 1 aliphatic carbocycles. The first kappa shape index (κ1) is 40.5. The Labute approximate surface area is 403 Å². The van der Waals surface area contributed by atoms with Crippen molar-refractivity contribution in [3.8, 4) is 66.8 Å². The largest absolute Gasteiger partial charge is 0.456 e. The van der Waals surface area contributed by atoms with Crippen molar-refractivity contribution in [1.82, 2.24) is 0 Å². The molecule has 69 heavy (non-hydrogen) atoms. The van der Waals surface area contributed by atoms with Crippen LogP contribution in [0.5, 0.6) is 0 Å². The summed E-state index contributed by atoms with van der Waals surface area (Å²) in [6.45, 7) is 4.75. The number of anilines is 3. The number of hydrogen-bond donors (Lipinski definition) is 0. The molecule has 0 atom stereocenters. The molecule has 0 amide bonds. The van der Waals surface area contributed by atoms with Gasteiger partial charge in [0.2, 0.25) is 0 Å². The van der Waals surface area contributed by atoms with E-state index in [9.17, 15) is 0 Å². The van der Waals surface area contributed by atoms with Gasteiger partial charge in [-0.3, -0.25) is 0 Å². The third kappa shape index (κ3) is 6.95. The summed E-state index contributed by atoms with van der Waals surface area (Å²) in [7, 11) is 0. The Morgan fingerprint density at radius 3 is 1.29 bits per heavy atom. The van der Waals surface area contributed by atoms with Crippen LogP contribution < -0.4 is 4.90 Å². The Morgan fingerprint density at radius 1 is 0.275 bits per heavy atom. The molecule has 0 radical (unpaired) electrons. The minimum atomic E-state index is -0.235. The zero-order valence-corrected chi connectivity index (χ0v) is 38.5. The van der Waals surface area contributed by atoms with Crippen molar-refractivity contribution >= 4 is 49.8 Å². The summed E-state index contributed by atoms with van der Waals surface area (Å²) in [4.78, 5) is 2.41. The topological polar surface area (TPSA) is 16.4 Å². The third-order valence-electron chi connectivity index (χ3n) is 14.5. The Balaban J connectivity index is 0.880. The molecule has 0 aliphatic heterocycles. The van der Waals surface area contributed by atoms with Crippen LogP contribution in [0.1, 0.15) is 25.0 Å². The average Bonchev–Trinajstić information content (AvgIpc) is 3.90. The Morgan fingerprint density at radius 2 is 0.667 bits per heavy atom. The first-order chi connectivity index (χ1) is 33.9. The summed E-state index contributed by atoms with van der Waals surface area (Å²) in [5.74, 6) is 0. The van der Waals surface area contributed by atoms with Crippen LogP contribution in [0.15, 0.2) is 253 Å². The number of rotatable bonds is 8. The number of nitrogens with zero attached hydrogens (tertiary/aromatic N) is 1. The average molecular weight is 882 g/mol. The lowest BCUT2D eigenvalue weighted by atomic mass is 9.81. The van der Waals surface area contributed by atoms with Gasteiger partial charge in [-0.05, 0) is 149 Å². The number of benzene rings is 11. The standard InChI is InChI=1S/C67H47NO/c1-67(2)63-42-51(50-30-40-66-62(41-50)61-19-11-12-20-65(61)69-66)29-36-59(63)60-37-35-54(43-64(60)67)68(52-31-25-47(26-32-52)46-23-21-45(22-24-46)44-13-5-3-6-14-44)53-33-27-49(28-34-53)56-39-38-55(48-15-7-4-8-16-48)57-17-9-10-18-58(56)57/h3-43H,1-2H3. The lowest BCUT2D eigenvalue weighted by Gasteiger charge is -2.28. The number of para-hydroxylation sites is 1. The third-order valence-corrected chi connectivity index (χ3v) is 14.5. The summed E-state index contributed by atoms with van der Waals surface area (Å²) in [6, 6.07) is 90.7. The maximum atomic E-state index is 6.19. The van der Waals surface area contributed by atoms with Gasteiger partial charge >= 0.3 is 0 Å². The van der Waals surface area contributed by atoms with Crippen LogP contribution in [0.2, 0.25) is 0 Å². The summed E-state index contributed by atoms with van der Waals surface area (Å²) < 4.78 is 6.19. The summed E-state index contributed by atoms with van der Waals surface area (Å²) in [6.07, 6.45) is 0. The Hall–Kier alpha value is -8.72. The quantitative estimate of drug-likeness (QED) is 0.151. The van der Waals surface area contributed by atoms with E-state index in [0.717, 1.165) is 39.0 Å². The van der Waals surface area contributed by atoms with E-state index in [2.05, 4.69) is 255 Å². The molecule has 12 aromatic rings. The van der Waals surface area contributed by atoms with Crippen molar-refractivity contribution in [2.45, 2.75) is 19.3 Å². The summed E-state index contributed by atoms with van der Waals surface area (Å²) in [5, 5.41) is 4.79. The Bertz CT molecular complexity index is 3880. The van der Waals surface area contributed by atoms with Crippen LogP contribution in [0.4, 0.5) is 17.1 Å². The van der Waals surface area contributed by atoms with Crippen molar-refractivity contribution in [2.24, 2.45) is 0 Å². The molecule has 2 heteroatoms. The first-order valence-corrected chi connectivity index (χ1v) is 23.9. The highest BCUT2D eigenvalue weighted by Crippen LogP contribution is 2.52. The minimum Gasteiger partial charge on any atom is -0.456 e. The van der Waals surface area contributed by atoms with Gasteiger partial charge in [-0.15, -0.1) is 0 Å². The van der Waals surface area contributed by atoms with E-state index in [1.165, 1.54) is 88.7 Å². The number of hydrogen-bond acceptors (Lipinski definition) is 2. The maximum Gasteiger partial charge on any atom is 0.135 e. The van der Waals surface area contributed by atoms with Crippen molar-refractivity contribution in [2.75, 3.05) is 4.90 Å². The molecule has 11 aromatic carbocycles. The molecular weight excluding hydrogens is 835 g/mol. The van der Waals surface area contributed by atoms with Gasteiger partial charge in [-0.2, -0.15) is 0 Å². The number of fused-ring (bicyclic) bond motifs is 7. The lowest BCUT2D eigenvalue weighted by Crippen LogP contribution is -2.16. The highest BCUT2D eigenvalue weighted by atomic mass is 16.3. The molecule has 1 aromatic heterocycles.